The number of nitrogens with one attached hydrogen (secondary N) is 1. The Morgan fingerprint density at radius 1 is 1.03 bits per heavy atom. The van der Waals surface area contributed by atoms with Crippen molar-refractivity contribution >= 4 is 18.3 Å². The Morgan fingerprint density at radius 3 is 2.20 bits per heavy atom. The molecule has 0 spiro atoms. The molecule has 1 amide bonds. The minimum atomic E-state index is -0.238. The highest BCUT2D eigenvalue weighted by molar-refractivity contribution is 5.99. The molecule has 3 N–H and O–H groups in total. The van der Waals surface area contributed by atoms with Gasteiger partial charge in [0.15, 0.2) is 11.5 Å². The van der Waals surface area contributed by atoms with Crippen molar-refractivity contribution in [3.8, 4) is 28.7 Å². The summed E-state index contributed by atoms with van der Waals surface area (Å²) in [4.78, 5) is 12.8. The summed E-state index contributed by atoms with van der Waals surface area (Å²) in [5.74, 6) is 2.28. The smallest absolute Gasteiger partial charge is 0.255 e. The van der Waals surface area contributed by atoms with Crippen molar-refractivity contribution in [3.63, 3.8) is 0 Å². The van der Waals surface area contributed by atoms with Gasteiger partial charge >= 0.3 is 0 Å². The fourth-order valence-corrected chi connectivity index (χ4v) is 3.10. The number of benzene rings is 2. The zero-order chi connectivity index (χ0) is 20.8. The van der Waals surface area contributed by atoms with E-state index < -0.39 is 0 Å². The van der Waals surface area contributed by atoms with Crippen LogP contribution in [0.2, 0.25) is 0 Å². The Bertz CT molecular complexity index is 854. The van der Waals surface area contributed by atoms with Gasteiger partial charge in [-0.15, -0.1) is 12.4 Å². The van der Waals surface area contributed by atoms with Gasteiger partial charge in [-0.1, -0.05) is 12.1 Å². The van der Waals surface area contributed by atoms with Gasteiger partial charge in [0.25, 0.3) is 5.91 Å². The highest BCUT2D eigenvalue weighted by Gasteiger charge is 2.27. The van der Waals surface area contributed by atoms with Crippen LogP contribution in [-0.4, -0.2) is 40.3 Å². The highest BCUT2D eigenvalue weighted by atomic mass is 35.5. The number of amides is 1. The number of nitrogens with two attached hydrogens (primary N) is 1. The van der Waals surface area contributed by atoms with E-state index in [9.17, 15) is 4.79 Å². The largest absolute Gasteiger partial charge is 0.492 e. The van der Waals surface area contributed by atoms with Crippen LogP contribution < -0.4 is 30.0 Å². The van der Waals surface area contributed by atoms with Gasteiger partial charge in [-0.25, -0.2) is 0 Å². The molecule has 0 atom stereocenters. The average molecular weight is 437 g/mol. The van der Waals surface area contributed by atoms with Crippen LogP contribution in [-0.2, 0) is 6.42 Å². The van der Waals surface area contributed by atoms with Gasteiger partial charge in [-0.3, -0.25) is 4.79 Å². The van der Waals surface area contributed by atoms with Crippen molar-refractivity contribution in [2.75, 3.05) is 34.4 Å². The first-order chi connectivity index (χ1) is 14.1. The molecular formula is C22H29ClN2O5. The molecule has 0 heterocycles. The zero-order valence-electron chi connectivity index (χ0n) is 17.5. The first-order valence-corrected chi connectivity index (χ1v) is 9.69. The number of halogens is 1. The summed E-state index contributed by atoms with van der Waals surface area (Å²) in [5, 5.41) is 2.95. The molecule has 1 aliphatic carbocycles. The van der Waals surface area contributed by atoms with Crippen LogP contribution in [0.3, 0.4) is 0 Å². The summed E-state index contributed by atoms with van der Waals surface area (Å²) in [6.07, 6.45) is 3.10. The van der Waals surface area contributed by atoms with Gasteiger partial charge in [-0.2, -0.15) is 0 Å². The molecule has 1 saturated carbocycles. The molecule has 1 aliphatic rings. The van der Waals surface area contributed by atoms with Crippen LogP contribution in [0.1, 0.15) is 28.8 Å². The fraction of sp³-hybridized carbons (Fsp3) is 0.409. The van der Waals surface area contributed by atoms with E-state index in [1.165, 1.54) is 21.3 Å². The van der Waals surface area contributed by atoms with Crippen molar-refractivity contribution in [1.29, 1.82) is 0 Å². The van der Waals surface area contributed by atoms with Crippen LogP contribution in [0.4, 0.5) is 0 Å². The third-order valence-corrected chi connectivity index (χ3v) is 4.85. The standard InChI is InChI=1S/C22H28N2O5.ClH/c1-26-19-17(22(25)24-13-15-4-5-15)12-18(20(27-2)21(19)28-3)29-16-8-6-14(7-9-16)10-11-23;/h6-9,12,15H,4-5,10-11,13,23H2,1-3H3,(H,24,25);1H. The maximum absolute atomic E-state index is 12.8. The molecule has 0 aromatic heterocycles. The van der Waals surface area contributed by atoms with E-state index in [1.807, 2.05) is 24.3 Å². The maximum Gasteiger partial charge on any atom is 0.255 e. The lowest BCUT2D eigenvalue weighted by Gasteiger charge is -2.19. The van der Waals surface area contributed by atoms with E-state index in [2.05, 4.69) is 5.32 Å². The lowest BCUT2D eigenvalue weighted by Crippen LogP contribution is -2.26. The molecule has 7 nitrogen and oxygen atoms in total. The van der Waals surface area contributed by atoms with Crippen molar-refractivity contribution in [2.45, 2.75) is 19.3 Å². The van der Waals surface area contributed by atoms with E-state index in [1.54, 1.807) is 6.07 Å². The normalized spacial score (nSPS) is 12.5. The predicted molar refractivity (Wildman–Crippen MR) is 118 cm³/mol. The molecule has 0 saturated heterocycles. The van der Waals surface area contributed by atoms with E-state index in [4.69, 9.17) is 24.7 Å². The van der Waals surface area contributed by atoms with E-state index in [0.717, 1.165) is 24.8 Å². The zero-order valence-corrected chi connectivity index (χ0v) is 18.3. The second kappa shape index (κ2) is 10.9. The first kappa shape index (κ1) is 23.6. The molecule has 1 fully saturated rings. The predicted octanol–water partition coefficient (Wildman–Crippen LogP) is 3.57. The van der Waals surface area contributed by atoms with Gasteiger partial charge in [-0.05, 0) is 49.4 Å². The molecule has 0 unspecified atom stereocenters. The Kier molecular flexibility index (Phi) is 8.62. The van der Waals surface area contributed by atoms with E-state index >= 15 is 0 Å². The number of hydrogen-bond donors (Lipinski definition) is 2. The monoisotopic (exact) mass is 436 g/mol. The van der Waals surface area contributed by atoms with E-state index in [0.29, 0.717) is 53.3 Å². The van der Waals surface area contributed by atoms with Crippen LogP contribution in [0, 0.1) is 5.92 Å². The van der Waals surface area contributed by atoms with Crippen LogP contribution in [0.15, 0.2) is 30.3 Å². The molecular weight excluding hydrogens is 408 g/mol. The summed E-state index contributed by atoms with van der Waals surface area (Å²) in [7, 11) is 4.50. The highest BCUT2D eigenvalue weighted by Crippen LogP contribution is 2.48. The second-order valence-electron chi connectivity index (χ2n) is 6.96. The van der Waals surface area contributed by atoms with Crippen molar-refractivity contribution in [1.82, 2.24) is 5.32 Å². The molecule has 8 heteroatoms. The number of rotatable bonds is 10. The van der Waals surface area contributed by atoms with Crippen LogP contribution in [0.25, 0.3) is 0 Å². The Balaban J connectivity index is 0.00000320. The molecule has 164 valence electrons. The minimum absolute atomic E-state index is 0. The number of methoxy groups -OCH3 is 3. The second-order valence-corrected chi connectivity index (χ2v) is 6.96. The summed E-state index contributed by atoms with van der Waals surface area (Å²) in [6.45, 7) is 1.23. The lowest BCUT2D eigenvalue weighted by molar-refractivity contribution is 0.0947. The SMILES string of the molecule is COc1c(Oc2ccc(CCN)cc2)cc(C(=O)NCC2CC2)c(OC)c1OC.Cl. The number of hydrogen-bond acceptors (Lipinski definition) is 6. The van der Waals surface area contributed by atoms with Gasteiger partial charge in [0.2, 0.25) is 11.5 Å². The number of carbonyl (C=O) groups excluding carboxylic acids is 1. The molecule has 0 bridgehead atoms. The Labute approximate surface area is 183 Å². The number of ether oxygens (including phenoxy) is 4. The summed E-state index contributed by atoms with van der Waals surface area (Å²) < 4.78 is 22.5. The summed E-state index contributed by atoms with van der Waals surface area (Å²) in [6, 6.07) is 9.25. The van der Waals surface area contributed by atoms with Gasteiger partial charge in [0, 0.05) is 12.6 Å². The molecule has 2 aromatic rings. The Morgan fingerprint density at radius 2 is 1.67 bits per heavy atom. The molecule has 2 aromatic carbocycles. The average Bonchev–Trinajstić information content (AvgIpc) is 3.57. The maximum atomic E-state index is 12.8. The van der Waals surface area contributed by atoms with Crippen LogP contribution in [0.5, 0.6) is 28.7 Å². The van der Waals surface area contributed by atoms with Gasteiger partial charge in [0.05, 0.1) is 26.9 Å². The summed E-state index contributed by atoms with van der Waals surface area (Å²) in [5.41, 5.74) is 7.06. The molecule has 3 rings (SSSR count). The third-order valence-electron chi connectivity index (χ3n) is 4.85. The lowest BCUT2D eigenvalue weighted by atomic mass is 10.1. The topological polar surface area (TPSA) is 92.0 Å². The van der Waals surface area contributed by atoms with E-state index in [-0.39, 0.29) is 18.3 Å². The van der Waals surface area contributed by atoms with Crippen molar-refractivity contribution in [3.05, 3.63) is 41.5 Å². The fourth-order valence-electron chi connectivity index (χ4n) is 3.10. The van der Waals surface area contributed by atoms with Gasteiger partial charge in [0.1, 0.15) is 5.75 Å². The minimum Gasteiger partial charge on any atom is -0.492 e. The van der Waals surface area contributed by atoms with Crippen LogP contribution >= 0.6 is 12.4 Å². The number of carbonyl (C=O) groups is 1. The molecule has 0 radical (unpaired) electrons. The Hall–Kier alpha value is -2.64. The third kappa shape index (κ3) is 5.49. The summed E-state index contributed by atoms with van der Waals surface area (Å²) >= 11 is 0. The quantitative estimate of drug-likeness (QED) is 0.591. The molecule has 30 heavy (non-hydrogen) atoms. The van der Waals surface area contributed by atoms with Crippen molar-refractivity contribution < 1.29 is 23.7 Å². The van der Waals surface area contributed by atoms with Crippen molar-refractivity contribution in [2.24, 2.45) is 11.7 Å². The molecule has 0 aliphatic heterocycles. The first-order valence-electron chi connectivity index (χ1n) is 9.69. The van der Waals surface area contributed by atoms with Gasteiger partial charge < -0.3 is 30.0 Å².